The summed E-state index contributed by atoms with van der Waals surface area (Å²) < 4.78 is 11.1. The number of ether oxygens (including phenoxy) is 2. The van der Waals surface area contributed by atoms with Crippen molar-refractivity contribution in [2.45, 2.75) is 6.92 Å². The van der Waals surface area contributed by atoms with Crippen LogP contribution in [0.2, 0.25) is 0 Å². The number of Topliss-reactive ketones (excluding diaryl/α,β-unsaturated/α-hetero) is 1. The summed E-state index contributed by atoms with van der Waals surface area (Å²) in [5.41, 5.74) is 2.83. The molecule has 0 radical (unpaired) electrons. The van der Waals surface area contributed by atoms with Crippen molar-refractivity contribution in [3.63, 3.8) is 0 Å². The Kier molecular flexibility index (Phi) is 7.19. The Labute approximate surface area is 228 Å². The first-order chi connectivity index (χ1) is 19.3. The van der Waals surface area contributed by atoms with Gasteiger partial charge < -0.3 is 14.6 Å². The number of benzene rings is 4. The maximum atomic E-state index is 13.2. The van der Waals surface area contributed by atoms with Crippen LogP contribution in [0.15, 0.2) is 97.1 Å². The number of carbonyl (C=O) groups excluding carboxylic acids is 2. The van der Waals surface area contributed by atoms with E-state index in [0.717, 1.165) is 5.56 Å². The highest BCUT2D eigenvalue weighted by Crippen LogP contribution is 2.31. The van der Waals surface area contributed by atoms with Crippen LogP contribution in [-0.2, 0) is 4.74 Å². The molecule has 1 aromatic heterocycles. The summed E-state index contributed by atoms with van der Waals surface area (Å²) in [5.74, 6) is -0.247. The third kappa shape index (κ3) is 5.63. The number of nitrogens with zero attached hydrogens (tertiary/aromatic N) is 2. The topological polar surface area (TPSA) is 129 Å². The molecule has 5 rings (SSSR count). The molecule has 9 heteroatoms. The molecule has 0 spiro atoms. The number of pyridine rings is 1. The van der Waals surface area contributed by atoms with E-state index < -0.39 is 23.3 Å². The number of aryl methyl sites for hydroxylation is 1. The van der Waals surface area contributed by atoms with Crippen molar-refractivity contribution in [1.82, 2.24) is 4.98 Å². The second-order valence-corrected chi connectivity index (χ2v) is 8.97. The number of ketones is 1. The molecule has 0 aliphatic rings. The second-order valence-electron chi connectivity index (χ2n) is 8.97. The number of hydrogen-bond acceptors (Lipinski definition) is 8. The van der Waals surface area contributed by atoms with Crippen LogP contribution >= 0.6 is 0 Å². The number of aromatic nitrogens is 1. The minimum Gasteiger partial charge on any atom is -0.507 e. The molecule has 198 valence electrons. The zero-order valence-corrected chi connectivity index (χ0v) is 21.2. The van der Waals surface area contributed by atoms with Gasteiger partial charge in [0.25, 0.3) is 5.69 Å². The van der Waals surface area contributed by atoms with Gasteiger partial charge in [0.05, 0.1) is 21.7 Å². The molecular weight excluding hydrogens is 512 g/mol. The molecule has 0 fully saturated rings. The van der Waals surface area contributed by atoms with Crippen LogP contribution in [0.25, 0.3) is 22.2 Å². The van der Waals surface area contributed by atoms with E-state index in [1.165, 1.54) is 30.3 Å². The molecule has 0 aliphatic carbocycles. The molecule has 0 saturated heterocycles. The van der Waals surface area contributed by atoms with E-state index in [-0.39, 0.29) is 17.0 Å². The fourth-order valence-electron chi connectivity index (χ4n) is 4.11. The molecule has 0 bridgehead atoms. The smallest absolute Gasteiger partial charge is 0.339 e. The molecule has 4 aromatic carbocycles. The third-order valence-electron chi connectivity index (χ3n) is 6.16. The van der Waals surface area contributed by atoms with Gasteiger partial charge >= 0.3 is 5.97 Å². The summed E-state index contributed by atoms with van der Waals surface area (Å²) >= 11 is 0. The van der Waals surface area contributed by atoms with Gasteiger partial charge in [-0.25, -0.2) is 9.78 Å². The first-order valence-electron chi connectivity index (χ1n) is 12.2. The molecule has 0 amide bonds. The summed E-state index contributed by atoms with van der Waals surface area (Å²) in [6.07, 6.45) is 0. The van der Waals surface area contributed by atoms with Gasteiger partial charge in [-0.3, -0.25) is 14.9 Å². The molecule has 0 aliphatic heterocycles. The summed E-state index contributed by atoms with van der Waals surface area (Å²) in [6.45, 7) is 1.41. The van der Waals surface area contributed by atoms with Crippen molar-refractivity contribution in [2.24, 2.45) is 0 Å². The summed E-state index contributed by atoms with van der Waals surface area (Å²) in [7, 11) is 0. The maximum Gasteiger partial charge on any atom is 0.339 e. The van der Waals surface area contributed by atoms with Crippen LogP contribution in [0.1, 0.15) is 26.3 Å². The number of para-hydroxylation sites is 1. The van der Waals surface area contributed by atoms with Crippen molar-refractivity contribution < 1.29 is 29.1 Å². The summed E-state index contributed by atoms with van der Waals surface area (Å²) in [5, 5.41) is 21.7. The zero-order chi connectivity index (χ0) is 28.2. The van der Waals surface area contributed by atoms with Crippen LogP contribution < -0.4 is 4.74 Å². The number of rotatable bonds is 8. The van der Waals surface area contributed by atoms with Crippen molar-refractivity contribution in [3.05, 3.63) is 124 Å². The van der Waals surface area contributed by atoms with Gasteiger partial charge in [-0.05, 0) is 73.7 Å². The predicted octanol–water partition coefficient (Wildman–Crippen LogP) is 6.66. The Balaban J connectivity index is 1.31. The van der Waals surface area contributed by atoms with Crippen molar-refractivity contribution in [1.29, 1.82) is 0 Å². The first-order valence-corrected chi connectivity index (χ1v) is 12.2. The predicted molar refractivity (Wildman–Crippen MR) is 148 cm³/mol. The maximum absolute atomic E-state index is 13.2. The SMILES string of the molecule is Cc1ccc2nc(-c3ccccc3O)cc(C(=O)OCC(=O)c3ccc(Oc4ccc([N+](=O)[O-])cc4)cc3)c2c1. The number of aromatic hydroxyl groups is 1. The van der Waals surface area contributed by atoms with Gasteiger partial charge in [0, 0.05) is 28.6 Å². The summed E-state index contributed by atoms with van der Waals surface area (Å²) in [6, 6.07) is 25.6. The fraction of sp³-hybridized carbons (Fsp3) is 0.0645. The van der Waals surface area contributed by atoms with Gasteiger partial charge in [0.2, 0.25) is 0 Å². The van der Waals surface area contributed by atoms with Crippen LogP contribution in [-0.4, -0.2) is 33.4 Å². The highest BCUT2D eigenvalue weighted by molar-refractivity contribution is 6.06. The Morgan fingerprint density at radius 2 is 1.57 bits per heavy atom. The highest BCUT2D eigenvalue weighted by Gasteiger charge is 2.18. The molecular formula is C31H22N2O7. The largest absolute Gasteiger partial charge is 0.507 e. The lowest BCUT2D eigenvalue weighted by Gasteiger charge is -2.11. The number of phenolic OH excluding ortho intramolecular Hbond substituents is 1. The minimum absolute atomic E-state index is 0.0250. The lowest BCUT2D eigenvalue weighted by atomic mass is 10.0. The minimum atomic E-state index is -0.693. The van der Waals surface area contributed by atoms with Gasteiger partial charge in [-0.2, -0.15) is 0 Å². The highest BCUT2D eigenvalue weighted by atomic mass is 16.6. The number of esters is 1. The average Bonchev–Trinajstić information content (AvgIpc) is 2.96. The van der Waals surface area contributed by atoms with E-state index in [1.54, 1.807) is 54.6 Å². The second kappa shape index (κ2) is 11.0. The average molecular weight is 535 g/mol. The van der Waals surface area contributed by atoms with Crippen LogP contribution in [0.4, 0.5) is 5.69 Å². The van der Waals surface area contributed by atoms with Crippen LogP contribution in [0.3, 0.4) is 0 Å². The Bertz CT molecular complexity index is 1750. The number of phenols is 1. The zero-order valence-electron chi connectivity index (χ0n) is 21.2. The Morgan fingerprint density at radius 1 is 0.900 bits per heavy atom. The summed E-state index contributed by atoms with van der Waals surface area (Å²) in [4.78, 5) is 40.8. The Morgan fingerprint density at radius 3 is 2.25 bits per heavy atom. The molecule has 1 N–H and O–H groups in total. The van der Waals surface area contributed by atoms with E-state index in [2.05, 4.69) is 4.98 Å². The monoisotopic (exact) mass is 534 g/mol. The number of nitro groups is 1. The number of fused-ring (bicyclic) bond motifs is 1. The van der Waals surface area contributed by atoms with Crippen LogP contribution in [0.5, 0.6) is 17.2 Å². The van der Waals surface area contributed by atoms with E-state index >= 15 is 0 Å². The number of carbonyl (C=O) groups is 2. The van der Waals surface area contributed by atoms with Crippen molar-refractivity contribution >= 4 is 28.3 Å². The Hall–Kier alpha value is -5.57. The fourth-order valence-corrected chi connectivity index (χ4v) is 4.11. The lowest BCUT2D eigenvalue weighted by Crippen LogP contribution is -2.15. The molecule has 0 saturated carbocycles. The van der Waals surface area contributed by atoms with Gasteiger partial charge in [0.1, 0.15) is 17.2 Å². The third-order valence-corrected chi connectivity index (χ3v) is 6.16. The van der Waals surface area contributed by atoms with Crippen LogP contribution in [0, 0.1) is 17.0 Å². The number of hydrogen-bond donors (Lipinski definition) is 1. The number of nitro benzene ring substituents is 1. The van der Waals surface area contributed by atoms with E-state index in [0.29, 0.717) is 39.2 Å². The molecule has 0 atom stereocenters. The molecule has 5 aromatic rings. The number of non-ortho nitro benzene ring substituents is 1. The molecule has 1 heterocycles. The molecule has 9 nitrogen and oxygen atoms in total. The van der Waals surface area contributed by atoms with Gasteiger partial charge in [-0.15, -0.1) is 0 Å². The normalized spacial score (nSPS) is 10.7. The molecule has 0 unspecified atom stereocenters. The molecule has 40 heavy (non-hydrogen) atoms. The van der Waals surface area contributed by atoms with Crippen molar-refractivity contribution in [2.75, 3.05) is 6.61 Å². The van der Waals surface area contributed by atoms with Gasteiger partial charge in [-0.1, -0.05) is 23.8 Å². The van der Waals surface area contributed by atoms with E-state index in [9.17, 15) is 24.8 Å². The quantitative estimate of drug-likeness (QED) is 0.101. The van der Waals surface area contributed by atoms with Crippen molar-refractivity contribution in [3.8, 4) is 28.5 Å². The van der Waals surface area contributed by atoms with Gasteiger partial charge in [0.15, 0.2) is 12.4 Å². The standard InChI is InChI=1S/C31H22N2O7/c1-19-6-15-27-25(16-19)26(17-28(32-27)24-4-2-3-5-29(24)34)31(36)39-18-30(35)20-7-11-22(12-8-20)40-23-13-9-21(10-14-23)33(37)38/h2-17,34H,18H2,1H3. The van der Waals surface area contributed by atoms with E-state index in [4.69, 9.17) is 9.47 Å². The van der Waals surface area contributed by atoms with E-state index in [1.807, 2.05) is 19.1 Å². The first kappa shape index (κ1) is 26.1. The lowest BCUT2D eigenvalue weighted by molar-refractivity contribution is -0.384.